The monoisotopic (exact) mass is 335 g/mol. The molecule has 1 fully saturated rings. The van der Waals surface area contributed by atoms with Gasteiger partial charge in [-0.2, -0.15) is 0 Å². The topological polar surface area (TPSA) is 71.0 Å². The molecule has 7 nitrogen and oxygen atoms in total. The molecule has 24 heavy (non-hydrogen) atoms. The van der Waals surface area contributed by atoms with Crippen molar-refractivity contribution in [3.05, 3.63) is 23.9 Å². The van der Waals surface area contributed by atoms with Crippen molar-refractivity contribution in [1.82, 2.24) is 20.5 Å². The number of guanidine groups is 1. The van der Waals surface area contributed by atoms with Crippen LogP contribution in [0.15, 0.2) is 23.3 Å². The van der Waals surface area contributed by atoms with Crippen molar-refractivity contribution in [2.75, 3.05) is 52.5 Å². The van der Waals surface area contributed by atoms with Crippen LogP contribution in [0.5, 0.6) is 5.88 Å². The molecule has 0 unspecified atom stereocenters. The van der Waals surface area contributed by atoms with Crippen LogP contribution >= 0.6 is 0 Å². The number of pyridine rings is 1. The van der Waals surface area contributed by atoms with Crippen LogP contribution in [-0.2, 0) is 11.3 Å². The van der Waals surface area contributed by atoms with Crippen molar-refractivity contribution < 1.29 is 9.47 Å². The van der Waals surface area contributed by atoms with Gasteiger partial charge in [-0.1, -0.05) is 0 Å². The number of aliphatic imine (C=N–C) groups is 1. The number of hydrogen-bond acceptors (Lipinski definition) is 5. The highest BCUT2D eigenvalue weighted by Gasteiger charge is 2.09. The van der Waals surface area contributed by atoms with Crippen molar-refractivity contribution in [2.24, 2.45) is 4.99 Å². The fraction of sp³-hybridized carbons (Fsp3) is 0.647. The van der Waals surface area contributed by atoms with Gasteiger partial charge in [0.2, 0.25) is 5.88 Å². The minimum Gasteiger partial charge on any atom is -0.478 e. The molecule has 1 aromatic heterocycles. The highest BCUT2D eigenvalue weighted by atomic mass is 16.5. The Kier molecular flexibility index (Phi) is 8.34. The Hall–Kier alpha value is -1.86. The lowest BCUT2D eigenvalue weighted by Crippen LogP contribution is -2.44. The molecule has 0 saturated carbocycles. The maximum absolute atomic E-state index is 5.43. The molecule has 1 saturated heterocycles. The Balaban J connectivity index is 1.81. The first-order valence-electron chi connectivity index (χ1n) is 8.71. The molecule has 0 amide bonds. The van der Waals surface area contributed by atoms with Crippen molar-refractivity contribution in [1.29, 1.82) is 0 Å². The molecular formula is C17H29N5O2. The van der Waals surface area contributed by atoms with Crippen molar-refractivity contribution >= 4 is 5.96 Å². The Morgan fingerprint density at radius 2 is 2.17 bits per heavy atom. The van der Waals surface area contributed by atoms with E-state index in [9.17, 15) is 0 Å². The average molecular weight is 335 g/mol. The smallest absolute Gasteiger partial charge is 0.213 e. The van der Waals surface area contributed by atoms with Gasteiger partial charge in [-0.15, -0.1) is 0 Å². The second kappa shape index (κ2) is 10.8. The predicted molar refractivity (Wildman–Crippen MR) is 95.5 cm³/mol. The van der Waals surface area contributed by atoms with E-state index in [2.05, 4.69) is 32.4 Å². The van der Waals surface area contributed by atoms with Gasteiger partial charge in [0.15, 0.2) is 5.96 Å². The van der Waals surface area contributed by atoms with E-state index in [0.717, 1.165) is 57.5 Å². The van der Waals surface area contributed by atoms with Gasteiger partial charge in [-0.3, -0.25) is 4.90 Å². The summed E-state index contributed by atoms with van der Waals surface area (Å²) in [6.07, 6.45) is 1.76. The molecule has 2 heterocycles. The van der Waals surface area contributed by atoms with Gasteiger partial charge in [-0.05, 0) is 25.5 Å². The molecule has 7 heteroatoms. The third-order valence-electron chi connectivity index (χ3n) is 3.68. The summed E-state index contributed by atoms with van der Waals surface area (Å²) in [4.78, 5) is 11.2. The molecule has 1 aromatic rings. The summed E-state index contributed by atoms with van der Waals surface area (Å²) in [6, 6.07) is 3.90. The summed E-state index contributed by atoms with van der Waals surface area (Å²) in [5.41, 5.74) is 1.08. The van der Waals surface area contributed by atoms with Crippen LogP contribution < -0.4 is 15.4 Å². The second-order valence-corrected chi connectivity index (χ2v) is 5.51. The van der Waals surface area contributed by atoms with Crippen LogP contribution in [0.25, 0.3) is 0 Å². The van der Waals surface area contributed by atoms with E-state index in [1.807, 2.05) is 19.1 Å². The van der Waals surface area contributed by atoms with Gasteiger partial charge < -0.3 is 20.1 Å². The Labute approximate surface area is 144 Å². The molecule has 0 atom stereocenters. The van der Waals surface area contributed by atoms with Crippen LogP contribution in [0.3, 0.4) is 0 Å². The third-order valence-corrected chi connectivity index (χ3v) is 3.68. The zero-order chi connectivity index (χ0) is 17.0. The molecule has 1 aliphatic rings. The van der Waals surface area contributed by atoms with Crippen LogP contribution in [0.2, 0.25) is 0 Å². The summed E-state index contributed by atoms with van der Waals surface area (Å²) >= 11 is 0. The van der Waals surface area contributed by atoms with Crippen molar-refractivity contribution in [3.8, 4) is 5.88 Å². The summed E-state index contributed by atoms with van der Waals surface area (Å²) in [6.45, 7) is 11.6. The quantitative estimate of drug-likeness (QED) is 0.543. The minimum absolute atomic E-state index is 0.593. The van der Waals surface area contributed by atoms with Crippen molar-refractivity contribution in [2.45, 2.75) is 20.4 Å². The first kappa shape index (κ1) is 18.5. The Morgan fingerprint density at radius 1 is 1.33 bits per heavy atom. The number of morpholine rings is 1. The van der Waals surface area contributed by atoms with Gasteiger partial charge in [0.25, 0.3) is 0 Å². The molecule has 0 aromatic carbocycles. The van der Waals surface area contributed by atoms with E-state index >= 15 is 0 Å². The third kappa shape index (κ3) is 6.72. The first-order chi connectivity index (χ1) is 11.8. The molecule has 0 spiro atoms. The number of hydrogen-bond donors (Lipinski definition) is 2. The van der Waals surface area contributed by atoms with Gasteiger partial charge in [0.05, 0.1) is 26.4 Å². The SMILES string of the molecule is CCNC(=NCc1ccnc(OCC)c1)NCCN1CCOCC1. The lowest BCUT2D eigenvalue weighted by Gasteiger charge is -2.26. The van der Waals surface area contributed by atoms with E-state index in [1.54, 1.807) is 6.20 Å². The number of ether oxygens (including phenoxy) is 2. The Morgan fingerprint density at radius 3 is 2.92 bits per heavy atom. The minimum atomic E-state index is 0.593. The first-order valence-corrected chi connectivity index (χ1v) is 8.71. The standard InChI is InChI=1S/C17H29N5O2/c1-3-18-17(20-7-8-22-9-11-23-12-10-22)21-14-15-5-6-19-16(13-15)24-4-2/h5-6,13H,3-4,7-12,14H2,1-2H3,(H2,18,20,21). The van der Waals surface area contributed by atoms with Gasteiger partial charge >= 0.3 is 0 Å². The van der Waals surface area contributed by atoms with E-state index < -0.39 is 0 Å². The summed E-state index contributed by atoms with van der Waals surface area (Å²) < 4.78 is 10.8. The molecule has 0 aliphatic carbocycles. The lowest BCUT2D eigenvalue weighted by molar-refractivity contribution is 0.0389. The fourth-order valence-electron chi connectivity index (χ4n) is 2.44. The van der Waals surface area contributed by atoms with Crippen LogP contribution in [0.1, 0.15) is 19.4 Å². The number of aromatic nitrogens is 1. The molecule has 0 radical (unpaired) electrons. The van der Waals surface area contributed by atoms with Crippen LogP contribution in [0.4, 0.5) is 0 Å². The fourth-order valence-corrected chi connectivity index (χ4v) is 2.44. The van der Waals surface area contributed by atoms with Crippen LogP contribution in [0, 0.1) is 0 Å². The molecule has 2 rings (SSSR count). The molecule has 0 bridgehead atoms. The summed E-state index contributed by atoms with van der Waals surface area (Å²) in [5.74, 6) is 1.48. The van der Waals surface area contributed by atoms with Crippen molar-refractivity contribution in [3.63, 3.8) is 0 Å². The van der Waals surface area contributed by atoms with Gasteiger partial charge in [0.1, 0.15) is 0 Å². The van der Waals surface area contributed by atoms with Gasteiger partial charge in [0, 0.05) is 45.0 Å². The van der Waals surface area contributed by atoms with E-state index in [-0.39, 0.29) is 0 Å². The summed E-state index contributed by atoms with van der Waals surface area (Å²) in [7, 11) is 0. The normalized spacial score (nSPS) is 16.0. The predicted octanol–water partition coefficient (Wildman–Crippen LogP) is 0.868. The summed E-state index contributed by atoms with van der Waals surface area (Å²) in [5, 5.41) is 6.67. The molecular weight excluding hydrogens is 306 g/mol. The second-order valence-electron chi connectivity index (χ2n) is 5.51. The highest BCUT2D eigenvalue weighted by Crippen LogP contribution is 2.10. The maximum Gasteiger partial charge on any atom is 0.213 e. The Bertz CT molecular complexity index is 504. The van der Waals surface area contributed by atoms with E-state index in [1.165, 1.54) is 0 Å². The van der Waals surface area contributed by atoms with Crippen LogP contribution in [-0.4, -0.2) is 68.4 Å². The largest absolute Gasteiger partial charge is 0.478 e. The maximum atomic E-state index is 5.43. The lowest BCUT2D eigenvalue weighted by atomic mass is 10.3. The molecule has 2 N–H and O–H groups in total. The zero-order valence-electron chi connectivity index (χ0n) is 14.8. The zero-order valence-corrected chi connectivity index (χ0v) is 14.8. The number of nitrogens with zero attached hydrogens (tertiary/aromatic N) is 3. The number of nitrogens with one attached hydrogen (secondary N) is 2. The average Bonchev–Trinajstić information content (AvgIpc) is 2.61. The molecule has 134 valence electrons. The number of rotatable bonds is 8. The molecule has 1 aliphatic heterocycles. The highest BCUT2D eigenvalue weighted by molar-refractivity contribution is 5.79. The van der Waals surface area contributed by atoms with E-state index in [0.29, 0.717) is 19.0 Å². The van der Waals surface area contributed by atoms with E-state index in [4.69, 9.17) is 9.47 Å². The van der Waals surface area contributed by atoms with Gasteiger partial charge in [-0.25, -0.2) is 9.98 Å².